The van der Waals surface area contributed by atoms with E-state index in [1.54, 1.807) is 4.68 Å². The monoisotopic (exact) mass is 254 g/mol. The summed E-state index contributed by atoms with van der Waals surface area (Å²) in [7, 11) is 0. The predicted molar refractivity (Wildman–Crippen MR) is 74.3 cm³/mol. The lowest BCUT2D eigenvalue weighted by Gasteiger charge is -2.11. The molecule has 0 aliphatic rings. The van der Waals surface area contributed by atoms with E-state index in [4.69, 9.17) is 5.26 Å². The summed E-state index contributed by atoms with van der Waals surface area (Å²) in [4.78, 5) is 0. The van der Waals surface area contributed by atoms with Crippen LogP contribution in [0.5, 0.6) is 0 Å². The van der Waals surface area contributed by atoms with Gasteiger partial charge in [-0.3, -0.25) is 0 Å². The zero-order chi connectivity index (χ0) is 14.0. The molecule has 0 bridgehead atoms. The van der Waals surface area contributed by atoms with E-state index < -0.39 is 0 Å². The first-order valence-corrected chi connectivity index (χ1v) is 6.50. The molecule has 0 atom stereocenters. The van der Waals surface area contributed by atoms with Crippen molar-refractivity contribution in [3.05, 3.63) is 41.2 Å². The van der Waals surface area contributed by atoms with E-state index in [0.717, 1.165) is 11.4 Å². The first-order valence-electron chi connectivity index (χ1n) is 6.50. The molecular weight excluding hydrogens is 236 g/mol. The molecule has 0 N–H and O–H groups in total. The molecule has 19 heavy (non-hydrogen) atoms. The van der Waals surface area contributed by atoms with E-state index in [9.17, 15) is 0 Å². The molecule has 1 heterocycles. The number of nitriles is 1. The fraction of sp³-hybridized carbons (Fsp3) is 0.400. The highest BCUT2D eigenvalue weighted by atomic mass is 15.4. The summed E-state index contributed by atoms with van der Waals surface area (Å²) in [5, 5.41) is 17.1. The predicted octanol–water partition coefficient (Wildman–Crippen LogP) is 3.39. The van der Waals surface area contributed by atoms with Crippen molar-refractivity contribution < 1.29 is 0 Å². The zero-order valence-electron chi connectivity index (χ0n) is 11.8. The molecule has 0 aliphatic heterocycles. The minimum absolute atomic E-state index is 0.203. The summed E-state index contributed by atoms with van der Waals surface area (Å²) in [6.45, 7) is 8.41. The maximum Gasteiger partial charge on any atom is 0.186 e. The third-order valence-corrected chi connectivity index (χ3v) is 3.16. The SMILES string of the molecule is CC(C)c1ccc(-n2nnc(C#N)c2C(C)C)cc1. The summed E-state index contributed by atoms with van der Waals surface area (Å²) >= 11 is 0. The van der Waals surface area contributed by atoms with E-state index >= 15 is 0 Å². The summed E-state index contributed by atoms with van der Waals surface area (Å²) in [6, 6.07) is 10.3. The number of rotatable bonds is 3. The van der Waals surface area contributed by atoms with Crippen molar-refractivity contribution in [3.8, 4) is 11.8 Å². The van der Waals surface area contributed by atoms with Crippen LogP contribution in [-0.2, 0) is 0 Å². The van der Waals surface area contributed by atoms with Gasteiger partial charge in [-0.25, -0.2) is 4.68 Å². The third kappa shape index (κ3) is 2.50. The van der Waals surface area contributed by atoms with Crippen molar-refractivity contribution in [2.45, 2.75) is 39.5 Å². The second-order valence-corrected chi connectivity index (χ2v) is 5.25. The van der Waals surface area contributed by atoms with Gasteiger partial charge in [0.15, 0.2) is 5.69 Å². The van der Waals surface area contributed by atoms with Crippen LogP contribution in [0.3, 0.4) is 0 Å². The number of hydrogen-bond acceptors (Lipinski definition) is 3. The normalized spacial score (nSPS) is 11.0. The third-order valence-electron chi connectivity index (χ3n) is 3.16. The number of nitrogens with zero attached hydrogens (tertiary/aromatic N) is 4. The molecule has 98 valence electrons. The topological polar surface area (TPSA) is 54.5 Å². The minimum Gasteiger partial charge on any atom is -0.216 e. The lowest BCUT2D eigenvalue weighted by atomic mass is 10.0. The average Bonchev–Trinajstić information content (AvgIpc) is 2.82. The Kier molecular flexibility index (Phi) is 3.66. The van der Waals surface area contributed by atoms with Crippen LogP contribution in [0.1, 0.15) is 56.5 Å². The van der Waals surface area contributed by atoms with Crippen LogP contribution in [0.15, 0.2) is 24.3 Å². The second-order valence-electron chi connectivity index (χ2n) is 5.25. The van der Waals surface area contributed by atoms with E-state index in [2.05, 4.69) is 42.4 Å². The lowest BCUT2D eigenvalue weighted by molar-refractivity contribution is 0.714. The van der Waals surface area contributed by atoms with Gasteiger partial charge >= 0.3 is 0 Å². The van der Waals surface area contributed by atoms with Gasteiger partial charge in [-0.15, -0.1) is 5.10 Å². The van der Waals surface area contributed by atoms with Gasteiger partial charge in [-0.05, 0) is 29.5 Å². The maximum atomic E-state index is 9.08. The summed E-state index contributed by atoms with van der Waals surface area (Å²) in [5.74, 6) is 0.707. The molecule has 0 amide bonds. The van der Waals surface area contributed by atoms with Crippen LogP contribution in [0, 0.1) is 11.3 Å². The largest absolute Gasteiger partial charge is 0.216 e. The van der Waals surface area contributed by atoms with Crippen molar-refractivity contribution in [2.75, 3.05) is 0 Å². The summed E-state index contributed by atoms with van der Waals surface area (Å²) < 4.78 is 1.76. The van der Waals surface area contributed by atoms with E-state index in [-0.39, 0.29) is 5.92 Å². The molecule has 0 saturated heterocycles. The van der Waals surface area contributed by atoms with Crippen LogP contribution in [0.25, 0.3) is 5.69 Å². The summed E-state index contributed by atoms with van der Waals surface area (Å²) in [5.41, 5.74) is 3.50. The van der Waals surface area contributed by atoms with E-state index in [0.29, 0.717) is 11.6 Å². The molecule has 2 aromatic rings. The quantitative estimate of drug-likeness (QED) is 0.843. The van der Waals surface area contributed by atoms with E-state index in [1.807, 2.05) is 26.0 Å². The fourth-order valence-electron chi connectivity index (χ4n) is 2.08. The van der Waals surface area contributed by atoms with Crippen molar-refractivity contribution in [1.82, 2.24) is 15.0 Å². The van der Waals surface area contributed by atoms with Gasteiger partial charge in [-0.1, -0.05) is 45.0 Å². The molecule has 0 saturated carbocycles. The first kappa shape index (κ1) is 13.3. The molecule has 1 aromatic heterocycles. The molecular formula is C15H18N4. The highest BCUT2D eigenvalue weighted by Gasteiger charge is 2.17. The Balaban J connectivity index is 2.48. The molecule has 4 heteroatoms. The minimum atomic E-state index is 0.203. The van der Waals surface area contributed by atoms with Crippen molar-refractivity contribution in [1.29, 1.82) is 5.26 Å². The molecule has 0 unspecified atom stereocenters. The molecule has 0 fully saturated rings. The maximum absolute atomic E-state index is 9.08. The van der Waals surface area contributed by atoms with Crippen molar-refractivity contribution in [2.24, 2.45) is 0 Å². The molecule has 4 nitrogen and oxygen atoms in total. The number of hydrogen-bond donors (Lipinski definition) is 0. The number of benzene rings is 1. The van der Waals surface area contributed by atoms with E-state index in [1.165, 1.54) is 5.56 Å². The van der Waals surface area contributed by atoms with Crippen LogP contribution in [-0.4, -0.2) is 15.0 Å². The smallest absolute Gasteiger partial charge is 0.186 e. The van der Waals surface area contributed by atoms with Crippen LogP contribution >= 0.6 is 0 Å². The average molecular weight is 254 g/mol. The van der Waals surface area contributed by atoms with Crippen LogP contribution in [0.4, 0.5) is 0 Å². The Bertz CT molecular complexity index is 600. The van der Waals surface area contributed by atoms with Gasteiger partial charge in [0, 0.05) is 0 Å². The number of aromatic nitrogens is 3. The Morgan fingerprint density at radius 2 is 1.68 bits per heavy atom. The highest BCUT2D eigenvalue weighted by molar-refractivity contribution is 5.39. The van der Waals surface area contributed by atoms with Gasteiger partial charge in [0.25, 0.3) is 0 Å². The van der Waals surface area contributed by atoms with Crippen LogP contribution in [0.2, 0.25) is 0 Å². The Hall–Kier alpha value is -2.15. The Morgan fingerprint density at radius 1 is 1.05 bits per heavy atom. The van der Waals surface area contributed by atoms with Gasteiger partial charge in [-0.2, -0.15) is 5.26 Å². The fourth-order valence-corrected chi connectivity index (χ4v) is 2.08. The molecule has 0 aliphatic carbocycles. The Labute approximate surface area is 113 Å². The van der Waals surface area contributed by atoms with Gasteiger partial charge in [0.05, 0.1) is 11.4 Å². The standard InChI is InChI=1S/C15H18N4/c1-10(2)12-5-7-13(8-6-12)19-15(11(3)4)14(9-16)17-18-19/h5-8,10-11H,1-4H3. The molecule has 1 aromatic carbocycles. The summed E-state index contributed by atoms with van der Waals surface area (Å²) in [6.07, 6.45) is 0. The second kappa shape index (κ2) is 5.23. The van der Waals surface area contributed by atoms with Gasteiger partial charge in [0.1, 0.15) is 6.07 Å². The highest BCUT2D eigenvalue weighted by Crippen LogP contribution is 2.22. The molecule has 0 radical (unpaired) electrons. The molecule has 2 rings (SSSR count). The van der Waals surface area contributed by atoms with Crippen LogP contribution < -0.4 is 0 Å². The van der Waals surface area contributed by atoms with Gasteiger partial charge in [0.2, 0.25) is 0 Å². The Morgan fingerprint density at radius 3 is 2.16 bits per heavy atom. The first-order chi connectivity index (χ1) is 9.04. The van der Waals surface area contributed by atoms with Crippen molar-refractivity contribution >= 4 is 0 Å². The van der Waals surface area contributed by atoms with Crippen molar-refractivity contribution in [3.63, 3.8) is 0 Å². The molecule has 0 spiro atoms. The lowest BCUT2D eigenvalue weighted by Crippen LogP contribution is -2.05. The zero-order valence-corrected chi connectivity index (χ0v) is 11.8. The van der Waals surface area contributed by atoms with Gasteiger partial charge < -0.3 is 0 Å².